The van der Waals surface area contributed by atoms with Crippen LogP contribution in [0.15, 0.2) is 30.6 Å². The molecule has 0 aliphatic heterocycles. The first-order valence-electron chi connectivity index (χ1n) is 7.52. The molecule has 3 aromatic heterocycles. The topological polar surface area (TPSA) is 81.4 Å². The summed E-state index contributed by atoms with van der Waals surface area (Å²) in [5, 5.41) is 6.74. The van der Waals surface area contributed by atoms with Gasteiger partial charge in [0.25, 0.3) is 5.91 Å². The Labute approximate surface area is 145 Å². The van der Waals surface area contributed by atoms with Gasteiger partial charge in [0, 0.05) is 17.5 Å². The van der Waals surface area contributed by atoms with Crippen LogP contribution in [0.3, 0.4) is 0 Å². The molecule has 10 heteroatoms. The number of rotatable bonds is 4. The van der Waals surface area contributed by atoms with E-state index in [2.05, 4.69) is 25.1 Å². The maximum absolute atomic E-state index is 12.4. The van der Waals surface area contributed by atoms with Crippen molar-refractivity contribution in [2.75, 3.05) is 11.9 Å². The maximum Gasteiger partial charge on any atom is 0.422 e. The fraction of sp³-hybridized carbons (Fsp3) is 0.250. The first kappa shape index (κ1) is 17.6. The van der Waals surface area contributed by atoms with Gasteiger partial charge in [-0.1, -0.05) is 0 Å². The molecule has 0 saturated heterocycles. The van der Waals surface area contributed by atoms with Gasteiger partial charge in [0.2, 0.25) is 5.88 Å². The molecule has 7 nitrogen and oxygen atoms in total. The largest absolute Gasteiger partial charge is 0.468 e. The smallest absolute Gasteiger partial charge is 0.422 e. The van der Waals surface area contributed by atoms with E-state index in [9.17, 15) is 18.0 Å². The number of hydrogen-bond acceptors (Lipinski definition) is 5. The highest BCUT2D eigenvalue weighted by Gasteiger charge is 2.28. The van der Waals surface area contributed by atoms with Gasteiger partial charge in [-0.15, -0.1) is 0 Å². The Hall–Kier alpha value is -3.17. The number of pyridine rings is 1. The van der Waals surface area contributed by atoms with Gasteiger partial charge in [-0.05, 0) is 26.0 Å². The molecule has 136 valence electrons. The number of carbonyl (C=O) groups is 1. The van der Waals surface area contributed by atoms with E-state index < -0.39 is 18.7 Å². The molecule has 0 bridgehead atoms. The first-order valence-corrected chi connectivity index (χ1v) is 7.52. The zero-order valence-corrected chi connectivity index (χ0v) is 13.8. The Morgan fingerprint density at radius 2 is 2.04 bits per heavy atom. The lowest BCUT2D eigenvalue weighted by Crippen LogP contribution is -2.19. The fourth-order valence-electron chi connectivity index (χ4n) is 2.32. The van der Waals surface area contributed by atoms with Gasteiger partial charge >= 0.3 is 6.18 Å². The number of nitrogens with one attached hydrogen (secondary N) is 1. The number of carbonyl (C=O) groups excluding carboxylic acids is 1. The summed E-state index contributed by atoms with van der Waals surface area (Å²) in [4.78, 5) is 20.5. The van der Waals surface area contributed by atoms with Gasteiger partial charge in [0.15, 0.2) is 12.3 Å². The van der Waals surface area contributed by atoms with Crippen LogP contribution in [0.4, 0.5) is 18.9 Å². The minimum Gasteiger partial charge on any atom is -0.468 e. The van der Waals surface area contributed by atoms with Gasteiger partial charge in [-0.25, -0.2) is 14.5 Å². The second-order valence-corrected chi connectivity index (χ2v) is 5.58. The van der Waals surface area contributed by atoms with Crippen molar-refractivity contribution in [2.45, 2.75) is 20.0 Å². The molecule has 0 atom stereocenters. The summed E-state index contributed by atoms with van der Waals surface area (Å²) in [6, 6.07) is 4.47. The molecule has 1 N–H and O–H groups in total. The molecule has 0 aliphatic carbocycles. The van der Waals surface area contributed by atoms with Crippen LogP contribution in [0.25, 0.3) is 5.65 Å². The van der Waals surface area contributed by atoms with Crippen molar-refractivity contribution >= 4 is 17.2 Å². The highest BCUT2D eigenvalue weighted by atomic mass is 19.4. The zero-order valence-electron chi connectivity index (χ0n) is 13.8. The van der Waals surface area contributed by atoms with E-state index >= 15 is 0 Å². The van der Waals surface area contributed by atoms with Crippen molar-refractivity contribution in [2.24, 2.45) is 0 Å². The SMILES string of the molecule is Cc1cc(C)n2ncc(C(=O)Nc3ccc(OCC(F)(F)F)nc3)c2n1. The first-order chi connectivity index (χ1) is 12.2. The van der Waals surface area contributed by atoms with Crippen LogP contribution in [-0.2, 0) is 0 Å². The Morgan fingerprint density at radius 1 is 1.27 bits per heavy atom. The summed E-state index contributed by atoms with van der Waals surface area (Å²) in [7, 11) is 0. The molecule has 1 amide bonds. The van der Waals surface area contributed by atoms with E-state index in [4.69, 9.17) is 0 Å². The fourth-order valence-corrected chi connectivity index (χ4v) is 2.32. The predicted molar refractivity (Wildman–Crippen MR) is 86.2 cm³/mol. The minimum absolute atomic E-state index is 0.191. The number of hydrogen-bond donors (Lipinski definition) is 1. The highest BCUT2D eigenvalue weighted by Crippen LogP contribution is 2.19. The van der Waals surface area contributed by atoms with E-state index in [0.29, 0.717) is 11.3 Å². The van der Waals surface area contributed by atoms with Crippen LogP contribution < -0.4 is 10.1 Å². The van der Waals surface area contributed by atoms with Crippen LogP contribution in [0.1, 0.15) is 21.7 Å². The number of fused-ring (bicyclic) bond motifs is 1. The maximum atomic E-state index is 12.4. The van der Waals surface area contributed by atoms with E-state index in [0.717, 1.165) is 11.4 Å². The third kappa shape index (κ3) is 3.90. The number of amides is 1. The van der Waals surface area contributed by atoms with Crippen LogP contribution in [-0.4, -0.2) is 38.3 Å². The highest BCUT2D eigenvalue weighted by molar-refractivity contribution is 6.08. The molecule has 0 fully saturated rings. The van der Waals surface area contributed by atoms with Crippen molar-refractivity contribution in [3.05, 3.63) is 47.5 Å². The van der Waals surface area contributed by atoms with Crippen molar-refractivity contribution in [1.82, 2.24) is 19.6 Å². The van der Waals surface area contributed by atoms with Crippen molar-refractivity contribution in [3.8, 4) is 5.88 Å². The van der Waals surface area contributed by atoms with Gasteiger partial charge in [0.05, 0.1) is 18.1 Å². The summed E-state index contributed by atoms with van der Waals surface area (Å²) in [6.45, 7) is 2.23. The van der Waals surface area contributed by atoms with E-state index in [-0.39, 0.29) is 11.4 Å². The lowest BCUT2D eigenvalue weighted by Gasteiger charge is -2.09. The van der Waals surface area contributed by atoms with Crippen LogP contribution in [0.2, 0.25) is 0 Å². The summed E-state index contributed by atoms with van der Waals surface area (Å²) in [6.07, 6.45) is -1.83. The molecule has 26 heavy (non-hydrogen) atoms. The normalized spacial score (nSPS) is 11.6. The van der Waals surface area contributed by atoms with Gasteiger partial charge in [0.1, 0.15) is 5.56 Å². The Balaban J connectivity index is 1.74. The molecule has 0 aliphatic rings. The quantitative estimate of drug-likeness (QED) is 0.769. The zero-order chi connectivity index (χ0) is 18.9. The second kappa shape index (κ2) is 6.62. The standard InChI is InChI=1S/C16H14F3N5O2/c1-9-5-10(2)24-14(22-9)12(7-21-24)15(25)23-11-3-4-13(20-6-11)26-8-16(17,18)19/h3-7H,8H2,1-2H3,(H,23,25). The van der Waals surface area contributed by atoms with Crippen molar-refractivity contribution in [1.29, 1.82) is 0 Å². The molecule has 3 aromatic rings. The lowest BCUT2D eigenvalue weighted by molar-refractivity contribution is -0.154. The number of halogens is 3. The van der Waals surface area contributed by atoms with Crippen LogP contribution in [0, 0.1) is 13.8 Å². The van der Waals surface area contributed by atoms with E-state index in [1.54, 1.807) is 4.52 Å². The summed E-state index contributed by atoms with van der Waals surface area (Å²) >= 11 is 0. The van der Waals surface area contributed by atoms with Crippen molar-refractivity contribution < 1.29 is 22.7 Å². The average molecular weight is 365 g/mol. The third-order valence-electron chi connectivity index (χ3n) is 3.40. The Kier molecular flexibility index (Phi) is 4.49. The summed E-state index contributed by atoms with van der Waals surface area (Å²) in [5.74, 6) is -0.646. The molecular weight excluding hydrogens is 351 g/mol. The second-order valence-electron chi connectivity index (χ2n) is 5.58. The summed E-state index contributed by atoms with van der Waals surface area (Å²) in [5.41, 5.74) is 2.57. The number of alkyl halides is 3. The van der Waals surface area contributed by atoms with Crippen molar-refractivity contribution in [3.63, 3.8) is 0 Å². The predicted octanol–water partition coefficient (Wildman–Crippen LogP) is 2.93. The number of aromatic nitrogens is 4. The van der Waals surface area contributed by atoms with E-state index in [1.807, 2.05) is 19.9 Å². The number of ether oxygens (including phenoxy) is 1. The lowest BCUT2D eigenvalue weighted by atomic mass is 10.3. The monoisotopic (exact) mass is 365 g/mol. The molecule has 0 aromatic carbocycles. The average Bonchev–Trinajstić information content (AvgIpc) is 2.97. The molecular formula is C16H14F3N5O2. The van der Waals surface area contributed by atoms with Crippen LogP contribution in [0.5, 0.6) is 5.88 Å². The molecule has 3 rings (SSSR count). The Morgan fingerprint density at radius 3 is 2.69 bits per heavy atom. The number of nitrogens with zero attached hydrogens (tertiary/aromatic N) is 4. The Bertz CT molecular complexity index is 951. The molecule has 0 saturated carbocycles. The third-order valence-corrected chi connectivity index (χ3v) is 3.40. The number of aryl methyl sites for hydroxylation is 2. The van der Waals surface area contributed by atoms with Crippen LogP contribution >= 0.6 is 0 Å². The molecule has 0 radical (unpaired) electrons. The van der Waals surface area contributed by atoms with Gasteiger partial charge in [-0.2, -0.15) is 18.3 Å². The van der Waals surface area contributed by atoms with Gasteiger partial charge < -0.3 is 10.1 Å². The summed E-state index contributed by atoms with van der Waals surface area (Å²) < 4.78 is 42.4. The molecule has 3 heterocycles. The minimum atomic E-state index is -4.44. The molecule has 0 spiro atoms. The molecule has 0 unspecified atom stereocenters. The van der Waals surface area contributed by atoms with E-state index in [1.165, 1.54) is 24.5 Å². The van der Waals surface area contributed by atoms with Gasteiger partial charge in [-0.3, -0.25) is 4.79 Å². The number of anilines is 1.